The Kier molecular flexibility index (Phi) is 6.80. The summed E-state index contributed by atoms with van der Waals surface area (Å²) in [4.78, 5) is 69.6. The molecule has 46 heavy (non-hydrogen) atoms. The number of carbonyl (C=O) groups excluding carboxylic acids is 5. The van der Waals surface area contributed by atoms with Crippen molar-refractivity contribution in [3.63, 3.8) is 0 Å². The number of allylic oxidation sites excluding steroid dienone is 2. The molecule has 0 spiro atoms. The molecule has 3 aromatic carbocycles. The number of phenolic OH excluding ortho intramolecular Hbond substituents is 1. The summed E-state index contributed by atoms with van der Waals surface area (Å²) in [5, 5.41) is 11.1. The van der Waals surface area contributed by atoms with Crippen LogP contribution in [0.4, 0.5) is 14.9 Å². The predicted molar refractivity (Wildman–Crippen MR) is 161 cm³/mol. The standard InChI is InChI=1S/C35H30FN3O7/c1-18-8-11-21(12-9-18)37-39-31(42)25-17-24-22(13-14-23-28(24)32(43)38(30(23)41)34(45)46-2)29(19-10-15-27(40)26(36)16-19)35(25,33(39)44)20-6-4-3-5-7-20/h3-13,15-16,23-25,28-29,37,40H,14,17H2,1-2H3. The summed E-state index contributed by atoms with van der Waals surface area (Å²) in [7, 11) is 1.08. The zero-order valence-electron chi connectivity index (χ0n) is 25.0. The maximum absolute atomic E-state index is 15.1. The maximum atomic E-state index is 15.1. The van der Waals surface area contributed by atoms with Crippen molar-refractivity contribution in [3.8, 4) is 5.75 Å². The molecule has 4 aliphatic rings. The lowest BCUT2D eigenvalue weighted by Crippen LogP contribution is -2.53. The smallest absolute Gasteiger partial charge is 0.423 e. The minimum atomic E-state index is -1.58. The third-order valence-electron chi connectivity index (χ3n) is 10.1. The van der Waals surface area contributed by atoms with E-state index in [-0.39, 0.29) is 12.8 Å². The lowest BCUT2D eigenvalue weighted by atomic mass is 9.49. The summed E-state index contributed by atoms with van der Waals surface area (Å²) in [6.07, 6.45) is 0.818. The number of hydrogen-bond donors (Lipinski definition) is 2. The molecule has 2 heterocycles. The molecule has 2 N–H and O–H groups in total. The summed E-state index contributed by atoms with van der Waals surface area (Å²) in [5.74, 6) is -8.60. The van der Waals surface area contributed by atoms with E-state index in [1.54, 1.807) is 48.5 Å². The number of aromatic hydroxyl groups is 1. The molecule has 2 aliphatic heterocycles. The third-order valence-corrected chi connectivity index (χ3v) is 10.1. The third kappa shape index (κ3) is 4.03. The van der Waals surface area contributed by atoms with Gasteiger partial charge in [0.1, 0.15) is 0 Å². The second kappa shape index (κ2) is 10.6. The van der Waals surface area contributed by atoms with Crippen molar-refractivity contribution >= 4 is 35.4 Å². The second-order valence-corrected chi connectivity index (χ2v) is 12.3. The summed E-state index contributed by atoms with van der Waals surface area (Å²) in [6.45, 7) is 1.91. The molecule has 0 bridgehead atoms. The van der Waals surface area contributed by atoms with Crippen LogP contribution >= 0.6 is 0 Å². The molecule has 0 aromatic heterocycles. The van der Waals surface area contributed by atoms with E-state index in [2.05, 4.69) is 5.43 Å². The van der Waals surface area contributed by atoms with Crippen molar-refractivity contribution in [2.24, 2.45) is 23.7 Å². The van der Waals surface area contributed by atoms with Crippen LogP contribution in [-0.4, -0.2) is 51.8 Å². The van der Waals surface area contributed by atoms with Gasteiger partial charge in [0.2, 0.25) is 11.8 Å². The zero-order chi connectivity index (χ0) is 32.5. The number of rotatable bonds is 4. The molecule has 2 saturated heterocycles. The van der Waals surface area contributed by atoms with Crippen LogP contribution < -0.4 is 5.43 Å². The van der Waals surface area contributed by atoms with Crippen molar-refractivity contribution in [1.82, 2.24) is 9.91 Å². The molecule has 5 amide bonds. The number of nitrogens with one attached hydrogen (secondary N) is 1. The van der Waals surface area contributed by atoms with Gasteiger partial charge in [-0.15, -0.1) is 0 Å². The normalized spacial score (nSPS) is 28.4. The number of aryl methyl sites for hydroxylation is 1. The summed E-state index contributed by atoms with van der Waals surface area (Å²) >= 11 is 0. The van der Waals surface area contributed by atoms with Gasteiger partial charge < -0.3 is 9.84 Å². The Labute approximate surface area is 263 Å². The number of fused-ring (bicyclic) bond motifs is 4. The molecular formula is C35H30FN3O7. The van der Waals surface area contributed by atoms with Crippen molar-refractivity contribution in [2.45, 2.75) is 31.1 Å². The van der Waals surface area contributed by atoms with Crippen molar-refractivity contribution in [3.05, 3.63) is 107 Å². The Bertz CT molecular complexity index is 1840. The first-order valence-electron chi connectivity index (χ1n) is 15.0. The van der Waals surface area contributed by atoms with Gasteiger partial charge in [-0.05, 0) is 61.1 Å². The monoisotopic (exact) mass is 623 g/mol. The number of likely N-dealkylation sites (tertiary alicyclic amines) is 1. The molecule has 6 atom stereocenters. The number of ether oxygens (including phenoxy) is 1. The van der Waals surface area contributed by atoms with Gasteiger partial charge >= 0.3 is 6.09 Å². The molecule has 3 fully saturated rings. The number of benzene rings is 3. The predicted octanol–water partition coefficient (Wildman–Crippen LogP) is 4.59. The number of methoxy groups -OCH3 is 1. The molecule has 1 saturated carbocycles. The van der Waals surface area contributed by atoms with Crippen LogP contribution in [0, 0.1) is 36.4 Å². The maximum Gasteiger partial charge on any atom is 0.423 e. The van der Waals surface area contributed by atoms with Gasteiger partial charge in [-0.3, -0.25) is 24.6 Å². The fraction of sp³-hybridized carbons (Fsp3) is 0.286. The Morgan fingerprint density at radius 2 is 1.67 bits per heavy atom. The van der Waals surface area contributed by atoms with E-state index in [1.807, 2.05) is 19.1 Å². The average Bonchev–Trinajstić information content (AvgIpc) is 3.44. The van der Waals surface area contributed by atoms with Gasteiger partial charge in [0.15, 0.2) is 11.6 Å². The number of hydrazine groups is 1. The van der Waals surface area contributed by atoms with E-state index in [0.29, 0.717) is 27.3 Å². The Balaban J connectivity index is 1.45. The lowest BCUT2D eigenvalue weighted by molar-refractivity contribution is -0.140. The van der Waals surface area contributed by atoms with E-state index < -0.39 is 76.3 Å². The van der Waals surface area contributed by atoms with Crippen molar-refractivity contribution in [2.75, 3.05) is 12.5 Å². The lowest BCUT2D eigenvalue weighted by Gasteiger charge is -2.50. The van der Waals surface area contributed by atoms with Gasteiger partial charge in [0.05, 0.1) is 36.0 Å². The van der Waals surface area contributed by atoms with Crippen LogP contribution in [0.1, 0.15) is 35.4 Å². The first-order valence-corrected chi connectivity index (χ1v) is 15.0. The zero-order valence-corrected chi connectivity index (χ0v) is 25.0. The number of phenols is 1. The fourth-order valence-corrected chi connectivity index (χ4v) is 8.10. The molecule has 7 rings (SSSR count). The first-order chi connectivity index (χ1) is 22.1. The molecular weight excluding hydrogens is 593 g/mol. The van der Waals surface area contributed by atoms with Crippen LogP contribution in [0.5, 0.6) is 5.75 Å². The molecule has 3 aromatic rings. The van der Waals surface area contributed by atoms with Crippen LogP contribution in [0.15, 0.2) is 84.4 Å². The topological polar surface area (TPSA) is 133 Å². The van der Waals surface area contributed by atoms with Crippen LogP contribution in [-0.2, 0) is 29.3 Å². The molecule has 10 nitrogen and oxygen atoms in total. The van der Waals surface area contributed by atoms with E-state index in [0.717, 1.165) is 23.7 Å². The van der Waals surface area contributed by atoms with Gasteiger partial charge in [-0.1, -0.05) is 65.7 Å². The van der Waals surface area contributed by atoms with Gasteiger partial charge in [-0.2, -0.15) is 9.91 Å². The van der Waals surface area contributed by atoms with Crippen LogP contribution in [0.3, 0.4) is 0 Å². The van der Waals surface area contributed by atoms with Crippen molar-refractivity contribution in [1.29, 1.82) is 0 Å². The molecule has 6 unspecified atom stereocenters. The van der Waals surface area contributed by atoms with E-state index >= 15 is 4.39 Å². The molecule has 0 radical (unpaired) electrons. The summed E-state index contributed by atoms with van der Waals surface area (Å²) in [6, 6.07) is 19.8. The van der Waals surface area contributed by atoms with Crippen LogP contribution in [0.25, 0.3) is 0 Å². The number of amides is 5. The SMILES string of the molecule is COC(=O)N1C(=O)C2CC=C3C(CC4C(=O)N(Nc5ccc(C)cc5)C(=O)C4(c4ccccc4)C3c3ccc(O)c(F)c3)C2C1=O. The van der Waals surface area contributed by atoms with E-state index in [9.17, 15) is 29.1 Å². The summed E-state index contributed by atoms with van der Waals surface area (Å²) in [5.41, 5.74) is 4.34. The number of anilines is 1. The fourth-order valence-electron chi connectivity index (χ4n) is 8.10. The van der Waals surface area contributed by atoms with Crippen molar-refractivity contribution < 1.29 is 38.2 Å². The van der Waals surface area contributed by atoms with E-state index in [4.69, 9.17) is 4.74 Å². The molecule has 11 heteroatoms. The number of halogens is 1. The quantitative estimate of drug-likeness (QED) is 0.319. The Hall–Kier alpha value is -5.32. The molecule has 2 aliphatic carbocycles. The molecule has 234 valence electrons. The Morgan fingerprint density at radius 3 is 2.35 bits per heavy atom. The van der Waals surface area contributed by atoms with Gasteiger partial charge in [0, 0.05) is 5.92 Å². The average molecular weight is 624 g/mol. The highest BCUT2D eigenvalue weighted by Gasteiger charge is 2.70. The minimum absolute atomic E-state index is 0.0175. The van der Waals surface area contributed by atoms with E-state index in [1.165, 1.54) is 12.1 Å². The highest BCUT2D eigenvalue weighted by atomic mass is 19.1. The summed E-state index contributed by atoms with van der Waals surface area (Å²) < 4.78 is 19.8. The number of carbonyl (C=O) groups is 5. The number of hydrogen-bond acceptors (Lipinski definition) is 8. The number of nitrogens with zero attached hydrogens (tertiary/aromatic N) is 2. The number of imide groups is 4. The largest absolute Gasteiger partial charge is 0.505 e. The highest BCUT2D eigenvalue weighted by molar-refractivity contribution is 6.16. The highest BCUT2D eigenvalue weighted by Crippen LogP contribution is 2.64. The first kappa shape index (κ1) is 29.4. The Morgan fingerprint density at radius 1 is 0.957 bits per heavy atom. The van der Waals surface area contributed by atoms with Gasteiger partial charge in [0.25, 0.3) is 11.8 Å². The van der Waals surface area contributed by atoms with Gasteiger partial charge in [-0.25, -0.2) is 9.18 Å². The second-order valence-electron chi connectivity index (χ2n) is 12.3. The minimum Gasteiger partial charge on any atom is -0.505 e. The van der Waals surface area contributed by atoms with Crippen LogP contribution in [0.2, 0.25) is 0 Å².